The molecule has 4 rings (SSSR count). The first-order valence-corrected chi connectivity index (χ1v) is 19.1. The summed E-state index contributed by atoms with van der Waals surface area (Å²) in [5, 5.41) is 3.11. The number of hydrogen-bond donors (Lipinski definition) is 1. The van der Waals surface area contributed by atoms with Crippen LogP contribution in [0.4, 0.5) is 9.18 Å². The van der Waals surface area contributed by atoms with E-state index in [1.807, 2.05) is 45.0 Å². The number of benzene rings is 1. The van der Waals surface area contributed by atoms with Gasteiger partial charge in [-0.2, -0.15) is 0 Å². The van der Waals surface area contributed by atoms with E-state index in [0.717, 1.165) is 30.4 Å². The minimum absolute atomic E-state index is 0.00868. The lowest BCUT2D eigenvalue weighted by atomic mass is 9.91. The molecule has 0 bridgehead atoms. The first kappa shape index (κ1) is 41.5. The molecule has 1 aromatic carbocycles. The number of esters is 1. The maximum absolute atomic E-state index is 13.8. The summed E-state index contributed by atoms with van der Waals surface area (Å²) < 4.78 is 29.1. The molecule has 12 heteroatoms. The van der Waals surface area contributed by atoms with Crippen molar-refractivity contribution in [2.24, 2.45) is 11.8 Å². The monoisotopic (exact) mass is 738 g/mol. The highest BCUT2D eigenvalue weighted by Crippen LogP contribution is 2.27. The molecule has 2 aliphatic heterocycles. The number of amides is 3. The van der Waals surface area contributed by atoms with Crippen LogP contribution in [0.15, 0.2) is 42.7 Å². The number of aromatic nitrogens is 1. The first-order chi connectivity index (χ1) is 25.1. The van der Waals surface area contributed by atoms with E-state index >= 15 is 0 Å². The average molecular weight is 739 g/mol. The summed E-state index contributed by atoms with van der Waals surface area (Å²) in [4.78, 5) is 60.6. The Morgan fingerprint density at radius 1 is 0.906 bits per heavy atom. The minimum atomic E-state index is -0.687. The largest absolute Gasteiger partial charge is 0.491 e. The Morgan fingerprint density at radius 3 is 2.32 bits per heavy atom. The standard InChI is InChI=1S/C41H59FN4O7/c1-40(2,3)52-37(48)25-35(33-23-31(26-43-27-33)13-12-30-9-7-11-34(24-30)51-22-18-42)44-38(49)32-10-8-19-46(28-32)36(47)15-14-29-16-20-45(21-17-29)39(50)53-41(4,5)6/h7,9,11,23-24,26-27,29,32,35H,8,10,12-22,25,28H2,1-6H3,(H,44,49). The Morgan fingerprint density at radius 2 is 1.62 bits per heavy atom. The van der Waals surface area contributed by atoms with Gasteiger partial charge >= 0.3 is 12.1 Å². The number of aryl methyl sites for hydroxylation is 2. The van der Waals surface area contributed by atoms with Crippen molar-refractivity contribution < 1.29 is 37.8 Å². The number of nitrogens with zero attached hydrogens (tertiary/aromatic N) is 3. The van der Waals surface area contributed by atoms with E-state index in [1.165, 1.54) is 0 Å². The molecule has 3 amide bonds. The molecule has 292 valence electrons. The zero-order valence-electron chi connectivity index (χ0n) is 32.5. The second-order valence-corrected chi connectivity index (χ2v) is 16.3. The molecule has 2 aliphatic rings. The lowest BCUT2D eigenvalue weighted by molar-refractivity contribution is -0.155. The number of alkyl halides is 1. The van der Waals surface area contributed by atoms with Gasteiger partial charge in [0.05, 0.1) is 18.4 Å². The zero-order valence-corrected chi connectivity index (χ0v) is 32.5. The lowest BCUT2D eigenvalue weighted by Crippen LogP contribution is -2.46. The van der Waals surface area contributed by atoms with Crippen LogP contribution in [0.5, 0.6) is 5.75 Å². The lowest BCUT2D eigenvalue weighted by Gasteiger charge is -2.35. The SMILES string of the molecule is CC(C)(C)OC(=O)CC(NC(=O)C1CCCN(C(=O)CCC2CCN(C(=O)OC(C)(C)C)CC2)C1)c1cncc(CCc2cccc(OCCF)c2)c1. The molecule has 2 atom stereocenters. The fraction of sp³-hybridized carbons (Fsp3) is 0.634. The third-order valence-electron chi connectivity index (χ3n) is 9.45. The number of nitrogens with one attached hydrogen (secondary N) is 1. The predicted octanol–water partition coefficient (Wildman–Crippen LogP) is 6.77. The summed E-state index contributed by atoms with van der Waals surface area (Å²) >= 11 is 0. The van der Waals surface area contributed by atoms with Gasteiger partial charge in [0.2, 0.25) is 11.8 Å². The third kappa shape index (κ3) is 14.3. The number of likely N-dealkylation sites (tertiary alicyclic amines) is 2. The van der Waals surface area contributed by atoms with E-state index in [1.54, 1.807) is 49.0 Å². The van der Waals surface area contributed by atoms with Crippen molar-refractivity contribution >= 4 is 23.9 Å². The Balaban J connectivity index is 1.34. The van der Waals surface area contributed by atoms with E-state index in [0.29, 0.717) is 75.5 Å². The summed E-state index contributed by atoms with van der Waals surface area (Å²) in [5.41, 5.74) is 1.45. The van der Waals surface area contributed by atoms with Crippen molar-refractivity contribution in [1.29, 1.82) is 0 Å². The van der Waals surface area contributed by atoms with Crippen LogP contribution in [-0.2, 0) is 36.7 Å². The van der Waals surface area contributed by atoms with Crippen LogP contribution in [-0.4, -0.2) is 89.3 Å². The summed E-state index contributed by atoms with van der Waals surface area (Å²) in [7, 11) is 0. The average Bonchev–Trinajstić information content (AvgIpc) is 3.11. The maximum Gasteiger partial charge on any atom is 0.410 e. The third-order valence-corrected chi connectivity index (χ3v) is 9.45. The summed E-state index contributed by atoms with van der Waals surface area (Å²) in [5.74, 6) is -0.0388. The van der Waals surface area contributed by atoms with Crippen molar-refractivity contribution in [2.75, 3.05) is 39.5 Å². The Labute approximate surface area is 314 Å². The van der Waals surface area contributed by atoms with Gasteiger partial charge in [-0.15, -0.1) is 0 Å². The van der Waals surface area contributed by atoms with Crippen LogP contribution in [0.3, 0.4) is 0 Å². The molecule has 0 aliphatic carbocycles. The van der Waals surface area contributed by atoms with Gasteiger partial charge < -0.3 is 29.3 Å². The summed E-state index contributed by atoms with van der Waals surface area (Å²) in [6.45, 7) is 12.6. The number of piperidine rings is 2. The van der Waals surface area contributed by atoms with Gasteiger partial charge in [0, 0.05) is 45.0 Å². The molecule has 2 aromatic rings. The fourth-order valence-corrected chi connectivity index (χ4v) is 6.80. The van der Waals surface area contributed by atoms with E-state index < -0.39 is 35.8 Å². The highest BCUT2D eigenvalue weighted by molar-refractivity contribution is 5.82. The van der Waals surface area contributed by atoms with E-state index in [2.05, 4.69) is 10.3 Å². The van der Waals surface area contributed by atoms with Crippen molar-refractivity contribution in [3.8, 4) is 5.75 Å². The number of pyridine rings is 1. The highest BCUT2D eigenvalue weighted by Gasteiger charge is 2.32. The molecule has 2 saturated heterocycles. The second-order valence-electron chi connectivity index (χ2n) is 16.3. The van der Waals surface area contributed by atoms with Crippen LogP contribution < -0.4 is 10.1 Å². The Bertz CT molecular complexity index is 1530. The van der Waals surface area contributed by atoms with Gasteiger partial charge in [0.1, 0.15) is 30.2 Å². The molecule has 3 heterocycles. The number of rotatable bonds is 14. The van der Waals surface area contributed by atoms with E-state index in [4.69, 9.17) is 14.2 Å². The van der Waals surface area contributed by atoms with Crippen molar-refractivity contribution in [1.82, 2.24) is 20.1 Å². The number of hydrogen-bond acceptors (Lipinski definition) is 8. The minimum Gasteiger partial charge on any atom is -0.491 e. The zero-order chi connectivity index (χ0) is 38.6. The van der Waals surface area contributed by atoms with Gasteiger partial charge in [-0.25, -0.2) is 9.18 Å². The van der Waals surface area contributed by atoms with E-state index in [9.17, 15) is 23.6 Å². The quantitative estimate of drug-likeness (QED) is 0.211. The highest BCUT2D eigenvalue weighted by atomic mass is 19.1. The molecule has 2 fully saturated rings. The van der Waals surface area contributed by atoms with Gasteiger partial charge in [-0.1, -0.05) is 18.2 Å². The van der Waals surface area contributed by atoms with Crippen LogP contribution in [0.25, 0.3) is 0 Å². The van der Waals surface area contributed by atoms with Crippen LogP contribution in [0, 0.1) is 11.8 Å². The van der Waals surface area contributed by atoms with Gasteiger partial charge in [-0.05, 0) is 121 Å². The molecular formula is C41H59FN4O7. The summed E-state index contributed by atoms with van der Waals surface area (Å²) in [6.07, 6.45) is 8.60. The molecule has 0 radical (unpaired) electrons. The molecule has 1 N–H and O–H groups in total. The maximum atomic E-state index is 13.8. The van der Waals surface area contributed by atoms with Crippen molar-refractivity contribution in [3.05, 3.63) is 59.4 Å². The fourth-order valence-electron chi connectivity index (χ4n) is 6.80. The van der Waals surface area contributed by atoms with Crippen molar-refractivity contribution in [3.63, 3.8) is 0 Å². The number of carbonyl (C=O) groups is 4. The molecule has 53 heavy (non-hydrogen) atoms. The van der Waals surface area contributed by atoms with Crippen molar-refractivity contribution in [2.45, 2.75) is 117 Å². The van der Waals surface area contributed by atoms with Crippen LogP contribution in [0.2, 0.25) is 0 Å². The number of halogens is 1. The number of ether oxygens (including phenoxy) is 3. The Hall–Kier alpha value is -4.22. The number of carbonyl (C=O) groups excluding carboxylic acids is 4. The molecule has 11 nitrogen and oxygen atoms in total. The van der Waals surface area contributed by atoms with Crippen LogP contribution in [0.1, 0.15) is 109 Å². The van der Waals surface area contributed by atoms with Crippen LogP contribution >= 0.6 is 0 Å². The molecule has 0 spiro atoms. The van der Waals surface area contributed by atoms with Gasteiger partial charge in [0.15, 0.2) is 0 Å². The first-order valence-electron chi connectivity index (χ1n) is 19.1. The second kappa shape index (κ2) is 19.2. The Kier molecular flexibility index (Phi) is 15.1. The van der Waals surface area contributed by atoms with Gasteiger partial charge in [-0.3, -0.25) is 19.4 Å². The summed E-state index contributed by atoms with van der Waals surface area (Å²) in [6, 6.07) is 8.85. The smallest absolute Gasteiger partial charge is 0.410 e. The molecular weight excluding hydrogens is 679 g/mol. The molecule has 2 unspecified atom stereocenters. The molecule has 1 aromatic heterocycles. The van der Waals surface area contributed by atoms with E-state index in [-0.39, 0.29) is 30.9 Å². The topological polar surface area (TPSA) is 127 Å². The predicted molar refractivity (Wildman–Crippen MR) is 200 cm³/mol. The normalized spacial score (nSPS) is 17.5. The van der Waals surface area contributed by atoms with Gasteiger partial charge in [0.25, 0.3) is 0 Å². The molecule has 0 saturated carbocycles.